The van der Waals surface area contributed by atoms with Crippen molar-refractivity contribution >= 4 is 5.82 Å². The molecule has 0 fully saturated rings. The quantitative estimate of drug-likeness (QED) is 0.891. The lowest BCUT2D eigenvalue weighted by molar-refractivity contribution is 0.614. The van der Waals surface area contributed by atoms with Gasteiger partial charge in [0.2, 0.25) is 0 Å². The molecule has 2 rings (SSSR count). The zero-order valence-electron chi connectivity index (χ0n) is 11.4. The Labute approximate surface area is 112 Å². The van der Waals surface area contributed by atoms with E-state index in [1.165, 1.54) is 6.07 Å². The van der Waals surface area contributed by atoms with E-state index in [2.05, 4.69) is 10.3 Å². The highest BCUT2D eigenvalue weighted by Gasteiger charge is 2.16. The largest absolute Gasteiger partial charge is 0.383 e. The normalized spacial score (nSPS) is 12.4. The fourth-order valence-corrected chi connectivity index (χ4v) is 2.18. The molecule has 1 atom stereocenters. The van der Waals surface area contributed by atoms with Crippen LogP contribution in [-0.4, -0.2) is 12.0 Å². The molecule has 100 valence electrons. The number of benzene rings is 1. The van der Waals surface area contributed by atoms with Crippen LogP contribution in [0.4, 0.5) is 10.2 Å². The van der Waals surface area contributed by atoms with Crippen molar-refractivity contribution < 1.29 is 4.39 Å². The van der Waals surface area contributed by atoms with Crippen LogP contribution in [0, 0.1) is 19.7 Å². The number of nitrogens with one attached hydrogen (secondary N) is 1. The Hall–Kier alpha value is -1.94. The van der Waals surface area contributed by atoms with Crippen molar-refractivity contribution in [2.75, 3.05) is 12.8 Å². The van der Waals surface area contributed by atoms with Crippen molar-refractivity contribution in [3.05, 3.63) is 58.5 Å². The monoisotopic (exact) mass is 259 g/mol. The second kappa shape index (κ2) is 5.36. The van der Waals surface area contributed by atoms with Crippen LogP contribution >= 0.6 is 0 Å². The fourth-order valence-electron chi connectivity index (χ4n) is 2.18. The molecule has 0 aliphatic heterocycles. The van der Waals surface area contributed by atoms with Gasteiger partial charge in [0.15, 0.2) is 0 Å². The fraction of sp³-hybridized carbons (Fsp3) is 0.267. The van der Waals surface area contributed by atoms with E-state index < -0.39 is 0 Å². The first-order valence-electron chi connectivity index (χ1n) is 6.18. The molecule has 0 radical (unpaired) electrons. The third kappa shape index (κ3) is 2.74. The third-order valence-electron chi connectivity index (χ3n) is 3.20. The van der Waals surface area contributed by atoms with E-state index in [-0.39, 0.29) is 11.9 Å². The Morgan fingerprint density at radius 3 is 2.63 bits per heavy atom. The highest BCUT2D eigenvalue weighted by Crippen LogP contribution is 2.27. The number of nitrogens with two attached hydrogens (primary N) is 1. The molecule has 3 nitrogen and oxygen atoms in total. The molecule has 0 aliphatic carbocycles. The van der Waals surface area contributed by atoms with Gasteiger partial charge in [-0.25, -0.2) is 9.37 Å². The molecular formula is C15H18FN3. The smallest absolute Gasteiger partial charge is 0.128 e. The number of nitrogen functional groups attached to an aromatic ring is 1. The second-order valence-corrected chi connectivity index (χ2v) is 4.72. The summed E-state index contributed by atoms with van der Waals surface area (Å²) in [5.41, 5.74) is 9.50. The van der Waals surface area contributed by atoms with E-state index in [0.717, 1.165) is 16.7 Å². The Balaban J connectivity index is 2.49. The van der Waals surface area contributed by atoms with Crippen molar-refractivity contribution in [3.63, 3.8) is 0 Å². The molecule has 19 heavy (non-hydrogen) atoms. The Morgan fingerprint density at radius 2 is 2.00 bits per heavy atom. The van der Waals surface area contributed by atoms with Crippen LogP contribution in [0.15, 0.2) is 30.5 Å². The third-order valence-corrected chi connectivity index (χ3v) is 3.20. The number of nitrogens with zero attached hydrogens (tertiary/aromatic N) is 1. The van der Waals surface area contributed by atoms with E-state index in [1.54, 1.807) is 19.2 Å². The average Bonchev–Trinajstić information content (AvgIpc) is 2.38. The van der Waals surface area contributed by atoms with Gasteiger partial charge in [0, 0.05) is 11.8 Å². The lowest BCUT2D eigenvalue weighted by Crippen LogP contribution is -2.20. The van der Waals surface area contributed by atoms with Gasteiger partial charge in [-0.2, -0.15) is 0 Å². The predicted molar refractivity (Wildman–Crippen MR) is 75.4 cm³/mol. The number of aromatic nitrogens is 1. The van der Waals surface area contributed by atoms with Gasteiger partial charge in [-0.3, -0.25) is 0 Å². The van der Waals surface area contributed by atoms with Crippen LogP contribution in [0.5, 0.6) is 0 Å². The second-order valence-electron chi connectivity index (χ2n) is 4.72. The predicted octanol–water partition coefficient (Wildman–Crippen LogP) is 2.73. The molecule has 3 N–H and O–H groups in total. The molecule has 0 amide bonds. The molecule has 1 aromatic carbocycles. The van der Waals surface area contributed by atoms with Gasteiger partial charge < -0.3 is 11.1 Å². The highest BCUT2D eigenvalue weighted by molar-refractivity contribution is 5.47. The van der Waals surface area contributed by atoms with Gasteiger partial charge >= 0.3 is 0 Å². The minimum Gasteiger partial charge on any atom is -0.383 e. The summed E-state index contributed by atoms with van der Waals surface area (Å²) in [6.45, 7) is 3.72. The molecule has 2 aromatic rings. The van der Waals surface area contributed by atoms with Gasteiger partial charge in [-0.15, -0.1) is 0 Å². The van der Waals surface area contributed by atoms with E-state index >= 15 is 0 Å². The van der Waals surface area contributed by atoms with Crippen LogP contribution in [-0.2, 0) is 0 Å². The molecule has 4 heteroatoms. The first-order chi connectivity index (χ1) is 9.02. The van der Waals surface area contributed by atoms with Gasteiger partial charge in [0.1, 0.15) is 11.6 Å². The van der Waals surface area contributed by atoms with Crippen molar-refractivity contribution in [1.82, 2.24) is 10.3 Å². The molecule has 0 saturated heterocycles. The summed E-state index contributed by atoms with van der Waals surface area (Å²) in [4.78, 5) is 4.18. The Bertz CT molecular complexity index is 596. The zero-order valence-corrected chi connectivity index (χ0v) is 11.4. The zero-order chi connectivity index (χ0) is 14.0. The minimum atomic E-state index is -0.200. The van der Waals surface area contributed by atoms with Crippen LogP contribution in [0.2, 0.25) is 0 Å². The molecule has 0 saturated carbocycles. The van der Waals surface area contributed by atoms with E-state index in [4.69, 9.17) is 5.73 Å². The number of halogens is 1. The van der Waals surface area contributed by atoms with Crippen molar-refractivity contribution in [1.29, 1.82) is 0 Å². The molecule has 0 aliphatic rings. The number of aryl methyl sites for hydroxylation is 2. The summed E-state index contributed by atoms with van der Waals surface area (Å²) in [7, 11) is 1.85. The summed E-state index contributed by atoms with van der Waals surface area (Å²) in [6.07, 6.45) is 1.74. The summed E-state index contributed by atoms with van der Waals surface area (Å²) >= 11 is 0. The van der Waals surface area contributed by atoms with Gasteiger partial charge in [-0.1, -0.05) is 12.1 Å². The number of anilines is 1. The summed E-state index contributed by atoms with van der Waals surface area (Å²) in [6, 6.07) is 6.99. The summed E-state index contributed by atoms with van der Waals surface area (Å²) in [5, 5.41) is 3.21. The van der Waals surface area contributed by atoms with Gasteiger partial charge in [0.05, 0.1) is 6.04 Å². The topological polar surface area (TPSA) is 50.9 Å². The average molecular weight is 259 g/mol. The molecule has 0 bridgehead atoms. The van der Waals surface area contributed by atoms with E-state index in [1.807, 2.05) is 26.1 Å². The van der Waals surface area contributed by atoms with Crippen LogP contribution in [0.25, 0.3) is 0 Å². The number of pyridine rings is 1. The maximum atomic E-state index is 13.4. The number of hydrogen-bond acceptors (Lipinski definition) is 3. The van der Waals surface area contributed by atoms with Crippen LogP contribution < -0.4 is 11.1 Å². The van der Waals surface area contributed by atoms with Gasteiger partial charge in [0.25, 0.3) is 0 Å². The van der Waals surface area contributed by atoms with Gasteiger partial charge in [-0.05, 0) is 49.7 Å². The lowest BCUT2D eigenvalue weighted by Gasteiger charge is -2.19. The highest BCUT2D eigenvalue weighted by atomic mass is 19.1. The lowest BCUT2D eigenvalue weighted by atomic mass is 9.97. The molecule has 1 heterocycles. The Kier molecular flexibility index (Phi) is 3.81. The first kappa shape index (κ1) is 13.5. The van der Waals surface area contributed by atoms with Crippen molar-refractivity contribution in [2.45, 2.75) is 19.9 Å². The van der Waals surface area contributed by atoms with E-state index in [0.29, 0.717) is 11.4 Å². The first-order valence-corrected chi connectivity index (χ1v) is 6.18. The number of hydrogen-bond donors (Lipinski definition) is 2. The molecular weight excluding hydrogens is 241 g/mol. The van der Waals surface area contributed by atoms with Crippen molar-refractivity contribution in [2.24, 2.45) is 0 Å². The summed E-state index contributed by atoms with van der Waals surface area (Å²) in [5.74, 6) is 0.292. The van der Waals surface area contributed by atoms with E-state index in [9.17, 15) is 4.39 Å². The van der Waals surface area contributed by atoms with Crippen molar-refractivity contribution in [3.8, 4) is 0 Å². The van der Waals surface area contributed by atoms with Crippen LogP contribution in [0.1, 0.15) is 28.3 Å². The maximum Gasteiger partial charge on any atom is 0.128 e. The molecule has 0 spiro atoms. The van der Waals surface area contributed by atoms with Crippen LogP contribution in [0.3, 0.4) is 0 Å². The SMILES string of the molecule is CNC(c1ccc(F)c(C)c1)c1cc(C)cnc1N. The number of rotatable bonds is 3. The Morgan fingerprint density at radius 1 is 1.26 bits per heavy atom. The maximum absolute atomic E-state index is 13.4. The minimum absolute atomic E-state index is 0.0910. The standard InChI is InChI=1S/C15H18FN3/c1-9-6-12(15(17)19-8-9)14(18-3)11-4-5-13(16)10(2)7-11/h4-8,14,18H,1-3H3,(H2,17,19). The summed E-state index contributed by atoms with van der Waals surface area (Å²) < 4.78 is 13.4. The molecule has 1 unspecified atom stereocenters. The molecule has 1 aromatic heterocycles.